The SMILES string of the molecule is CC(C)CC1(CO)CCCN(CC2CCC(N)CC2)C1. The fourth-order valence-electron chi connectivity index (χ4n) is 4.43. The summed E-state index contributed by atoms with van der Waals surface area (Å²) in [4.78, 5) is 2.63. The van der Waals surface area contributed by atoms with Gasteiger partial charge in [-0.25, -0.2) is 0 Å². The number of rotatable bonds is 5. The normalized spacial score (nSPS) is 36.5. The van der Waals surface area contributed by atoms with Crippen molar-refractivity contribution in [1.29, 1.82) is 0 Å². The molecule has 1 saturated carbocycles. The highest BCUT2D eigenvalue weighted by Crippen LogP contribution is 2.36. The van der Waals surface area contributed by atoms with Crippen LogP contribution in [0.4, 0.5) is 0 Å². The maximum atomic E-state index is 9.91. The minimum atomic E-state index is 0.164. The van der Waals surface area contributed by atoms with Crippen LogP contribution in [0, 0.1) is 17.3 Å². The van der Waals surface area contributed by atoms with Crippen molar-refractivity contribution in [3.05, 3.63) is 0 Å². The quantitative estimate of drug-likeness (QED) is 0.815. The third kappa shape index (κ3) is 4.44. The van der Waals surface area contributed by atoms with Gasteiger partial charge in [-0.2, -0.15) is 0 Å². The summed E-state index contributed by atoms with van der Waals surface area (Å²) >= 11 is 0. The maximum absolute atomic E-state index is 9.91. The topological polar surface area (TPSA) is 49.5 Å². The van der Waals surface area contributed by atoms with Crippen LogP contribution in [0.2, 0.25) is 0 Å². The Morgan fingerprint density at radius 2 is 1.95 bits per heavy atom. The number of nitrogens with two attached hydrogens (primary N) is 1. The van der Waals surface area contributed by atoms with Gasteiger partial charge in [0.1, 0.15) is 0 Å². The molecule has 0 radical (unpaired) electrons. The minimum Gasteiger partial charge on any atom is -0.396 e. The van der Waals surface area contributed by atoms with Crippen molar-refractivity contribution < 1.29 is 5.11 Å². The largest absolute Gasteiger partial charge is 0.396 e. The van der Waals surface area contributed by atoms with E-state index in [-0.39, 0.29) is 5.41 Å². The van der Waals surface area contributed by atoms with E-state index in [4.69, 9.17) is 5.73 Å². The molecule has 0 aromatic heterocycles. The van der Waals surface area contributed by atoms with Gasteiger partial charge in [0.2, 0.25) is 0 Å². The lowest BCUT2D eigenvalue weighted by atomic mass is 9.74. The molecule has 3 nitrogen and oxygen atoms in total. The lowest BCUT2D eigenvalue weighted by Gasteiger charge is -2.44. The van der Waals surface area contributed by atoms with Gasteiger partial charge in [-0.15, -0.1) is 0 Å². The Labute approximate surface area is 124 Å². The van der Waals surface area contributed by atoms with Crippen LogP contribution in [-0.4, -0.2) is 42.3 Å². The second kappa shape index (κ2) is 7.24. The first kappa shape index (κ1) is 16.3. The molecule has 118 valence electrons. The Hall–Kier alpha value is -0.120. The van der Waals surface area contributed by atoms with Crippen molar-refractivity contribution in [3.8, 4) is 0 Å². The zero-order valence-corrected chi connectivity index (χ0v) is 13.5. The number of aliphatic hydroxyl groups excluding tert-OH is 1. The summed E-state index contributed by atoms with van der Waals surface area (Å²) in [6.07, 6.45) is 8.62. The van der Waals surface area contributed by atoms with Crippen molar-refractivity contribution in [2.75, 3.05) is 26.2 Å². The van der Waals surface area contributed by atoms with Gasteiger partial charge in [-0.1, -0.05) is 13.8 Å². The zero-order valence-electron chi connectivity index (χ0n) is 13.5. The van der Waals surface area contributed by atoms with Gasteiger partial charge in [-0.05, 0) is 63.3 Å². The molecule has 0 amide bonds. The van der Waals surface area contributed by atoms with Crippen LogP contribution in [0.15, 0.2) is 0 Å². The van der Waals surface area contributed by atoms with Crippen molar-refractivity contribution >= 4 is 0 Å². The number of hydrogen-bond donors (Lipinski definition) is 2. The van der Waals surface area contributed by atoms with Crippen LogP contribution in [0.25, 0.3) is 0 Å². The standard InChI is InChI=1S/C17H34N2O/c1-14(2)10-17(13-20)8-3-9-19(12-17)11-15-4-6-16(18)7-5-15/h14-16,20H,3-13,18H2,1-2H3. The third-order valence-corrected chi connectivity index (χ3v) is 5.32. The van der Waals surface area contributed by atoms with Gasteiger partial charge in [-0.3, -0.25) is 0 Å². The number of nitrogens with zero attached hydrogens (tertiary/aromatic N) is 1. The molecule has 1 unspecified atom stereocenters. The Bertz CT molecular complexity index is 287. The van der Waals surface area contributed by atoms with E-state index in [9.17, 15) is 5.11 Å². The molecule has 1 aliphatic heterocycles. The molecule has 2 aliphatic rings. The zero-order chi connectivity index (χ0) is 14.6. The highest BCUT2D eigenvalue weighted by Gasteiger charge is 2.36. The van der Waals surface area contributed by atoms with Crippen molar-refractivity contribution in [1.82, 2.24) is 4.90 Å². The van der Waals surface area contributed by atoms with Crippen LogP contribution in [0.1, 0.15) is 58.8 Å². The summed E-state index contributed by atoms with van der Waals surface area (Å²) in [6, 6.07) is 0.449. The van der Waals surface area contributed by atoms with E-state index in [1.54, 1.807) is 0 Å². The van der Waals surface area contributed by atoms with Crippen LogP contribution >= 0.6 is 0 Å². The Morgan fingerprint density at radius 1 is 1.25 bits per heavy atom. The summed E-state index contributed by atoms with van der Waals surface area (Å²) in [5, 5.41) is 9.91. The van der Waals surface area contributed by atoms with E-state index >= 15 is 0 Å². The lowest BCUT2D eigenvalue weighted by molar-refractivity contribution is 0.00822. The van der Waals surface area contributed by atoms with Gasteiger partial charge < -0.3 is 15.7 Å². The highest BCUT2D eigenvalue weighted by atomic mass is 16.3. The predicted octanol–water partition coefficient (Wildman–Crippen LogP) is 2.62. The van der Waals surface area contributed by atoms with E-state index < -0.39 is 0 Å². The van der Waals surface area contributed by atoms with E-state index in [2.05, 4.69) is 18.7 Å². The molecule has 2 rings (SSSR count). The molecule has 1 atom stereocenters. The van der Waals surface area contributed by atoms with E-state index in [1.807, 2.05) is 0 Å². The van der Waals surface area contributed by atoms with Gasteiger partial charge in [0.15, 0.2) is 0 Å². The molecule has 0 bridgehead atoms. The van der Waals surface area contributed by atoms with E-state index in [0.717, 1.165) is 18.9 Å². The first-order valence-corrected chi connectivity index (χ1v) is 8.62. The molecule has 0 aromatic carbocycles. The molecule has 0 spiro atoms. The predicted molar refractivity (Wildman–Crippen MR) is 84.6 cm³/mol. The average molecular weight is 282 g/mol. The summed E-state index contributed by atoms with van der Waals surface area (Å²) in [5.74, 6) is 1.51. The van der Waals surface area contributed by atoms with Crippen molar-refractivity contribution in [3.63, 3.8) is 0 Å². The molecule has 3 heteroatoms. The summed E-state index contributed by atoms with van der Waals surface area (Å²) in [5.41, 5.74) is 6.17. The Morgan fingerprint density at radius 3 is 2.55 bits per heavy atom. The van der Waals surface area contributed by atoms with Crippen LogP contribution in [0.5, 0.6) is 0 Å². The second-order valence-electron chi connectivity index (χ2n) is 7.88. The summed E-state index contributed by atoms with van der Waals surface area (Å²) in [6.45, 7) is 8.47. The van der Waals surface area contributed by atoms with Crippen molar-refractivity contribution in [2.45, 2.75) is 64.8 Å². The summed E-state index contributed by atoms with van der Waals surface area (Å²) < 4.78 is 0. The molecule has 3 N–H and O–H groups in total. The molecule has 1 aliphatic carbocycles. The number of aliphatic hydroxyl groups is 1. The van der Waals surface area contributed by atoms with Crippen LogP contribution in [-0.2, 0) is 0 Å². The fourth-order valence-corrected chi connectivity index (χ4v) is 4.43. The summed E-state index contributed by atoms with van der Waals surface area (Å²) in [7, 11) is 0. The van der Waals surface area contributed by atoms with Gasteiger partial charge in [0.25, 0.3) is 0 Å². The third-order valence-electron chi connectivity index (χ3n) is 5.32. The molecule has 0 aromatic rings. The first-order chi connectivity index (χ1) is 9.53. The monoisotopic (exact) mass is 282 g/mol. The molecule has 2 fully saturated rings. The number of hydrogen-bond acceptors (Lipinski definition) is 3. The average Bonchev–Trinajstić information content (AvgIpc) is 2.41. The lowest BCUT2D eigenvalue weighted by Crippen LogP contribution is -2.48. The highest BCUT2D eigenvalue weighted by molar-refractivity contribution is 4.89. The number of piperidine rings is 1. The molecule has 20 heavy (non-hydrogen) atoms. The van der Waals surface area contributed by atoms with Crippen molar-refractivity contribution in [2.24, 2.45) is 23.0 Å². The molecule has 1 heterocycles. The van der Waals surface area contributed by atoms with Gasteiger partial charge in [0, 0.05) is 31.2 Å². The minimum absolute atomic E-state index is 0.164. The van der Waals surface area contributed by atoms with Gasteiger partial charge in [0.05, 0.1) is 0 Å². The van der Waals surface area contributed by atoms with E-state index in [0.29, 0.717) is 18.6 Å². The number of likely N-dealkylation sites (tertiary alicyclic amines) is 1. The fraction of sp³-hybridized carbons (Fsp3) is 1.00. The smallest absolute Gasteiger partial charge is 0.0499 e. The first-order valence-electron chi connectivity index (χ1n) is 8.62. The van der Waals surface area contributed by atoms with Crippen LogP contribution in [0.3, 0.4) is 0 Å². The maximum Gasteiger partial charge on any atom is 0.0499 e. The Kier molecular flexibility index (Phi) is 5.88. The molecule has 1 saturated heterocycles. The Balaban J connectivity index is 1.86. The molecular formula is C17H34N2O. The van der Waals surface area contributed by atoms with Gasteiger partial charge >= 0.3 is 0 Å². The van der Waals surface area contributed by atoms with Crippen LogP contribution < -0.4 is 5.73 Å². The van der Waals surface area contributed by atoms with E-state index in [1.165, 1.54) is 51.6 Å². The molecular weight excluding hydrogens is 248 g/mol. The second-order valence-corrected chi connectivity index (χ2v) is 7.88.